The quantitative estimate of drug-likeness (QED) is 0.461. The van der Waals surface area contributed by atoms with Gasteiger partial charge in [-0.05, 0) is 73.7 Å². The van der Waals surface area contributed by atoms with Gasteiger partial charge in [-0.25, -0.2) is 14.2 Å². The fourth-order valence-corrected chi connectivity index (χ4v) is 4.09. The van der Waals surface area contributed by atoms with E-state index in [0.717, 1.165) is 24.9 Å². The predicted molar refractivity (Wildman–Crippen MR) is 123 cm³/mol. The molecule has 0 fully saturated rings. The van der Waals surface area contributed by atoms with Gasteiger partial charge in [-0.3, -0.25) is 4.79 Å². The molecule has 2 heterocycles. The number of carbonyl (C=O) groups is 1. The van der Waals surface area contributed by atoms with Gasteiger partial charge in [0.1, 0.15) is 11.4 Å². The lowest BCUT2D eigenvalue weighted by atomic mass is 10.1. The second-order valence-corrected chi connectivity index (χ2v) is 7.83. The first-order valence-electron chi connectivity index (χ1n) is 10.8. The van der Waals surface area contributed by atoms with Crippen LogP contribution in [-0.2, 0) is 17.6 Å². The molecule has 0 aliphatic heterocycles. The molecule has 1 N–H and O–H groups in total. The van der Waals surface area contributed by atoms with Gasteiger partial charge < -0.3 is 14.6 Å². The van der Waals surface area contributed by atoms with E-state index in [2.05, 4.69) is 27.4 Å². The van der Waals surface area contributed by atoms with Crippen molar-refractivity contribution in [1.29, 1.82) is 0 Å². The van der Waals surface area contributed by atoms with Crippen molar-refractivity contribution in [1.82, 2.24) is 14.5 Å². The summed E-state index contributed by atoms with van der Waals surface area (Å²) in [6, 6.07) is 11.9. The van der Waals surface area contributed by atoms with E-state index < -0.39 is 11.4 Å². The van der Waals surface area contributed by atoms with Gasteiger partial charge in [-0.2, -0.15) is 4.98 Å². The molecule has 5 rings (SSSR count). The lowest BCUT2D eigenvalue weighted by Gasteiger charge is -2.14. The number of hydrogen-bond donors (Lipinski definition) is 1. The lowest BCUT2D eigenvalue weighted by molar-refractivity contribution is 0.0524. The van der Waals surface area contributed by atoms with Crippen molar-refractivity contribution in [2.75, 3.05) is 11.9 Å². The van der Waals surface area contributed by atoms with Crippen LogP contribution in [0.3, 0.4) is 0 Å². The highest BCUT2D eigenvalue weighted by Gasteiger charge is 2.20. The first-order valence-corrected chi connectivity index (χ1v) is 10.8. The number of fused-ring (bicyclic) bond motifs is 2. The highest BCUT2D eigenvalue weighted by molar-refractivity contribution is 5.93. The van der Waals surface area contributed by atoms with Gasteiger partial charge in [0.05, 0.1) is 12.0 Å². The number of halogens is 1. The van der Waals surface area contributed by atoms with Crippen LogP contribution in [0.25, 0.3) is 16.7 Å². The Morgan fingerprint density at radius 2 is 1.94 bits per heavy atom. The van der Waals surface area contributed by atoms with Gasteiger partial charge in [0.25, 0.3) is 0 Å². The summed E-state index contributed by atoms with van der Waals surface area (Å²) in [6.07, 6.45) is 6.00. The molecule has 1 aliphatic carbocycles. The predicted octanol–water partition coefficient (Wildman–Crippen LogP) is 4.33. The molecule has 0 saturated carbocycles. The normalized spacial score (nSPS) is 12.5. The number of aromatic nitrogens is 3. The summed E-state index contributed by atoms with van der Waals surface area (Å²) in [5.74, 6) is -0.794. The van der Waals surface area contributed by atoms with Gasteiger partial charge in [0.2, 0.25) is 11.4 Å². The number of hydrogen-bond acceptors (Lipinski definition) is 6. The van der Waals surface area contributed by atoms with Crippen molar-refractivity contribution in [3.8, 4) is 5.69 Å². The van der Waals surface area contributed by atoms with Crippen LogP contribution in [0.15, 0.2) is 59.7 Å². The molecular formula is C25H21FN4O3. The first-order chi connectivity index (χ1) is 16.0. The Hall–Kier alpha value is -4.07. The fraction of sp³-hybridized carbons (Fsp3) is 0.200. The van der Waals surface area contributed by atoms with Gasteiger partial charge in [0, 0.05) is 23.8 Å². The van der Waals surface area contributed by atoms with E-state index in [0.29, 0.717) is 11.3 Å². The van der Waals surface area contributed by atoms with Crippen LogP contribution in [0.4, 0.5) is 16.0 Å². The van der Waals surface area contributed by atoms with Crippen LogP contribution in [0, 0.1) is 5.82 Å². The van der Waals surface area contributed by atoms with E-state index in [1.54, 1.807) is 23.6 Å². The molecule has 0 bridgehead atoms. The summed E-state index contributed by atoms with van der Waals surface area (Å²) in [4.78, 5) is 34.4. The molecule has 33 heavy (non-hydrogen) atoms. The summed E-state index contributed by atoms with van der Waals surface area (Å²) >= 11 is 0. The Balaban J connectivity index is 1.68. The third-order valence-corrected chi connectivity index (χ3v) is 5.70. The number of benzene rings is 2. The van der Waals surface area contributed by atoms with Crippen molar-refractivity contribution in [2.24, 2.45) is 0 Å². The van der Waals surface area contributed by atoms with Crippen LogP contribution in [0.1, 0.15) is 34.8 Å². The van der Waals surface area contributed by atoms with E-state index in [1.807, 2.05) is 6.07 Å². The number of pyridine rings is 1. The summed E-state index contributed by atoms with van der Waals surface area (Å²) in [5, 5.41) is 3.22. The molecule has 0 atom stereocenters. The monoisotopic (exact) mass is 444 g/mol. The number of ether oxygens (including phenoxy) is 1. The molecular weight excluding hydrogens is 423 g/mol. The Labute approximate surface area is 188 Å². The van der Waals surface area contributed by atoms with Crippen molar-refractivity contribution >= 4 is 28.6 Å². The van der Waals surface area contributed by atoms with Crippen molar-refractivity contribution in [2.45, 2.75) is 26.2 Å². The average Bonchev–Trinajstić information content (AvgIpc) is 3.29. The minimum atomic E-state index is -0.687. The van der Waals surface area contributed by atoms with E-state index in [-0.39, 0.29) is 29.3 Å². The molecule has 1 aliphatic rings. The molecule has 0 amide bonds. The zero-order valence-corrected chi connectivity index (χ0v) is 18.0. The molecule has 0 saturated heterocycles. The highest BCUT2D eigenvalue weighted by Crippen LogP contribution is 2.26. The number of carbonyl (C=O) groups excluding carboxylic acids is 1. The summed E-state index contributed by atoms with van der Waals surface area (Å²) in [7, 11) is 0. The maximum Gasteiger partial charge on any atom is 0.343 e. The second kappa shape index (κ2) is 8.46. The number of aryl methyl sites for hydroxylation is 2. The Morgan fingerprint density at radius 3 is 2.73 bits per heavy atom. The molecule has 2 aromatic heterocycles. The molecule has 0 radical (unpaired) electrons. The third-order valence-electron chi connectivity index (χ3n) is 5.70. The van der Waals surface area contributed by atoms with E-state index in [4.69, 9.17) is 4.74 Å². The van der Waals surface area contributed by atoms with Crippen LogP contribution < -0.4 is 10.7 Å². The summed E-state index contributed by atoms with van der Waals surface area (Å²) in [5.41, 5.74) is 3.73. The summed E-state index contributed by atoms with van der Waals surface area (Å²) < 4.78 is 20.1. The topological polar surface area (TPSA) is 86.1 Å². The molecule has 8 heteroatoms. The van der Waals surface area contributed by atoms with Gasteiger partial charge >= 0.3 is 5.97 Å². The lowest BCUT2D eigenvalue weighted by Crippen LogP contribution is -2.21. The van der Waals surface area contributed by atoms with Crippen LogP contribution in [0.5, 0.6) is 0 Å². The number of nitrogens with one attached hydrogen (secondary N) is 1. The number of esters is 1. The van der Waals surface area contributed by atoms with Crippen LogP contribution in [-0.4, -0.2) is 27.1 Å². The van der Waals surface area contributed by atoms with Gasteiger partial charge in [-0.1, -0.05) is 6.07 Å². The van der Waals surface area contributed by atoms with E-state index >= 15 is 0 Å². The highest BCUT2D eigenvalue weighted by atomic mass is 19.1. The van der Waals surface area contributed by atoms with E-state index in [9.17, 15) is 14.0 Å². The number of rotatable bonds is 5. The first kappa shape index (κ1) is 20.8. The molecule has 7 nitrogen and oxygen atoms in total. The Kier molecular flexibility index (Phi) is 5.34. The van der Waals surface area contributed by atoms with Crippen molar-refractivity contribution in [3.63, 3.8) is 0 Å². The largest absolute Gasteiger partial charge is 0.462 e. The fourth-order valence-electron chi connectivity index (χ4n) is 4.09. The second-order valence-electron chi connectivity index (χ2n) is 7.83. The smallest absolute Gasteiger partial charge is 0.343 e. The van der Waals surface area contributed by atoms with Gasteiger partial charge in [-0.15, -0.1) is 0 Å². The molecule has 166 valence electrons. The van der Waals surface area contributed by atoms with Crippen LogP contribution in [0.2, 0.25) is 0 Å². The Morgan fingerprint density at radius 1 is 1.15 bits per heavy atom. The SMILES string of the molecule is CCOC(=O)c1cn(-c2ccc3c(c2)CCC3)c2nc(Nc3ccc(F)cc3)ncc2c1=O. The minimum absolute atomic E-state index is 0.0762. The Bertz CT molecular complexity index is 1430. The zero-order valence-electron chi connectivity index (χ0n) is 18.0. The maximum atomic E-state index is 13.2. The van der Waals surface area contributed by atoms with Crippen LogP contribution >= 0.6 is 0 Å². The third kappa shape index (κ3) is 3.95. The minimum Gasteiger partial charge on any atom is -0.462 e. The molecule has 2 aromatic carbocycles. The molecule has 0 unspecified atom stereocenters. The van der Waals surface area contributed by atoms with E-state index in [1.165, 1.54) is 35.7 Å². The van der Waals surface area contributed by atoms with Gasteiger partial charge in [0.15, 0.2) is 5.65 Å². The molecule has 0 spiro atoms. The van der Waals surface area contributed by atoms with Crippen molar-refractivity contribution < 1.29 is 13.9 Å². The number of nitrogens with zero attached hydrogens (tertiary/aromatic N) is 3. The maximum absolute atomic E-state index is 13.2. The zero-order chi connectivity index (χ0) is 22.9. The molecule has 4 aromatic rings. The standard InChI is InChI=1S/C25H21FN4O3/c1-2-33-24(32)21-14-30(19-11-6-15-4-3-5-16(15)12-19)23-20(22(21)31)13-27-25(29-23)28-18-9-7-17(26)8-10-18/h6-14H,2-5H2,1H3,(H,27,28,29). The van der Waals surface area contributed by atoms with Crippen molar-refractivity contribution in [3.05, 3.63) is 87.6 Å². The summed E-state index contributed by atoms with van der Waals surface area (Å²) in [6.45, 7) is 1.85. The number of anilines is 2. The average molecular weight is 444 g/mol.